The van der Waals surface area contributed by atoms with Gasteiger partial charge in [-0.15, -0.1) is 0 Å². The molecule has 0 aliphatic carbocycles. The van der Waals surface area contributed by atoms with Crippen LogP contribution < -0.4 is 0 Å². The molecule has 0 unspecified atom stereocenters. The lowest BCUT2D eigenvalue weighted by Gasteiger charge is -2.26. The lowest BCUT2D eigenvalue weighted by atomic mass is 10.1. The Bertz CT molecular complexity index is 584. The molecule has 0 radical (unpaired) electrons. The van der Waals surface area contributed by atoms with Crippen molar-refractivity contribution in [2.45, 2.75) is 12.1 Å². The van der Waals surface area contributed by atoms with Gasteiger partial charge in [-0.25, -0.2) is 8.42 Å². The smallest absolute Gasteiger partial charge is 0.253 e. The van der Waals surface area contributed by atoms with Crippen molar-refractivity contribution < 1.29 is 18.3 Å². The van der Waals surface area contributed by atoms with Gasteiger partial charge in [0.25, 0.3) is 5.91 Å². The molecule has 2 rings (SSSR count). The largest absolute Gasteiger partial charge is 0.390 e. The topological polar surface area (TPSA) is 74.7 Å². The zero-order valence-corrected chi connectivity index (χ0v) is 11.9. The molecule has 1 aliphatic rings. The summed E-state index contributed by atoms with van der Waals surface area (Å²) in [6, 6.07) is 5.61. The molecule has 2 atom stereocenters. The van der Waals surface area contributed by atoms with E-state index in [1.54, 1.807) is 24.3 Å². The number of carbonyl (C=O) groups excluding carboxylic acids is 1. The normalized spacial score (nSPS) is 25.2. The SMILES string of the molecule is CN(C(=O)c1ccc(Cl)cc1)[C@@H]1CS(=O)(=O)C[C@H]1O. The van der Waals surface area contributed by atoms with Crippen molar-refractivity contribution in [3.63, 3.8) is 0 Å². The molecule has 1 aromatic carbocycles. The van der Waals surface area contributed by atoms with Gasteiger partial charge >= 0.3 is 0 Å². The third kappa shape index (κ3) is 3.08. The number of amides is 1. The van der Waals surface area contributed by atoms with Gasteiger partial charge in [-0.3, -0.25) is 4.79 Å². The van der Waals surface area contributed by atoms with Gasteiger partial charge in [0.2, 0.25) is 0 Å². The predicted octanol–water partition coefficient (Wildman–Crippen LogP) is 0.570. The number of aliphatic hydroxyl groups is 1. The fourth-order valence-corrected chi connectivity index (χ4v) is 4.10. The van der Waals surface area contributed by atoms with Crippen LogP contribution in [0.25, 0.3) is 0 Å². The molecule has 1 aromatic rings. The number of rotatable bonds is 2. The van der Waals surface area contributed by atoms with Crippen molar-refractivity contribution >= 4 is 27.3 Å². The number of carbonyl (C=O) groups is 1. The molecule has 5 nitrogen and oxygen atoms in total. The van der Waals surface area contributed by atoms with Crippen molar-refractivity contribution in [1.29, 1.82) is 0 Å². The lowest BCUT2D eigenvalue weighted by molar-refractivity contribution is 0.0581. The van der Waals surface area contributed by atoms with Crippen LogP contribution in [0, 0.1) is 0 Å². The van der Waals surface area contributed by atoms with E-state index in [9.17, 15) is 18.3 Å². The molecule has 0 spiro atoms. The van der Waals surface area contributed by atoms with E-state index in [-0.39, 0.29) is 17.4 Å². The van der Waals surface area contributed by atoms with E-state index in [0.29, 0.717) is 10.6 Å². The third-order valence-electron chi connectivity index (χ3n) is 3.20. The number of halogens is 1. The Kier molecular flexibility index (Phi) is 3.85. The maximum absolute atomic E-state index is 12.2. The van der Waals surface area contributed by atoms with E-state index in [1.165, 1.54) is 11.9 Å². The first-order chi connectivity index (χ1) is 8.80. The van der Waals surface area contributed by atoms with Crippen LogP contribution >= 0.6 is 11.6 Å². The van der Waals surface area contributed by atoms with Crippen molar-refractivity contribution in [2.24, 2.45) is 0 Å². The molecule has 1 heterocycles. The van der Waals surface area contributed by atoms with Crippen LogP contribution in [0.5, 0.6) is 0 Å². The number of aliphatic hydroxyl groups excluding tert-OH is 1. The molecule has 19 heavy (non-hydrogen) atoms. The van der Waals surface area contributed by atoms with Gasteiger partial charge in [-0.2, -0.15) is 0 Å². The number of sulfone groups is 1. The summed E-state index contributed by atoms with van der Waals surface area (Å²) in [5.41, 5.74) is 0.406. The van der Waals surface area contributed by atoms with Crippen LogP contribution in [-0.2, 0) is 9.84 Å². The second-order valence-corrected chi connectivity index (χ2v) is 7.22. The van der Waals surface area contributed by atoms with Gasteiger partial charge in [0.1, 0.15) is 0 Å². The van der Waals surface area contributed by atoms with E-state index >= 15 is 0 Å². The number of nitrogens with zero attached hydrogens (tertiary/aromatic N) is 1. The fraction of sp³-hybridized carbons (Fsp3) is 0.417. The highest BCUT2D eigenvalue weighted by atomic mass is 35.5. The molecule has 0 aromatic heterocycles. The molecule has 1 N–H and O–H groups in total. The standard InChI is InChI=1S/C12H14ClNO4S/c1-14(10-6-19(17,18)7-11(10)15)12(16)8-2-4-9(13)5-3-8/h2-5,10-11,15H,6-7H2,1H3/t10-,11-/m1/s1. The van der Waals surface area contributed by atoms with Crippen LogP contribution in [0.15, 0.2) is 24.3 Å². The quantitative estimate of drug-likeness (QED) is 0.867. The van der Waals surface area contributed by atoms with Gasteiger partial charge in [-0.1, -0.05) is 11.6 Å². The van der Waals surface area contributed by atoms with E-state index in [1.807, 2.05) is 0 Å². The Morgan fingerprint density at radius 1 is 1.32 bits per heavy atom. The fourth-order valence-electron chi connectivity index (χ4n) is 2.13. The summed E-state index contributed by atoms with van der Waals surface area (Å²) < 4.78 is 22.9. The maximum atomic E-state index is 12.2. The zero-order valence-electron chi connectivity index (χ0n) is 10.3. The second kappa shape index (κ2) is 5.11. The van der Waals surface area contributed by atoms with Crippen LogP contribution in [-0.4, -0.2) is 55.0 Å². The van der Waals surface area contributed by atoms with Crippen molar-refractivity contribution in [2.75, 3.05) is 18.6 Å². The number of likely N-dealkylation sites (N-methyl/N-ethyl adjacent to an activating group) is 1. The molecule has 1 amide bonds. The summed E-state index contributed by atoms with van der Waals surface area (Å²) in [6.45, 7) is 0. The number of benzene rings is 1. The summed E-state index contributed by atoms with van der Waals surface area (Å²) in [7, 11) is -1.79. The van der Waals surface area contributed by atoms with Gasteiger partial charge in [0, 0.05) is 17.6 Å². The molecular weight excluding hydrogens is 290 g/mol. The monoisotopic (exact) mass is 303 g/mol. The minimum atomic E-state index is -3.28. The minimum Gasteiger partial charge on any atom is -0.390 e. The summed E-state index contributed by atoms with van der Waals surface area (Å²) in [4.78, 5) is 13.5. The van der Waals surface area contributed by atoms with Crippen LogP contribution in [0.2, 0.25) is 5.02 Å². The Labute approximate surface area is 116 Å². The first kappa shape index (κ1) is 14.3. The molecule has 1 saturated heterocycles. The summed E-state index contributed by atoms with van der Waals surface area (Å²) in [5.74, 6) is -0.835. The first-order valence-electron chi connectivity index (χ1n) is 5.71. The van der Waals surface area contributed by atoms with Gasteiger partial charge < -0.3 is 10.0 Å². The minimum absolute atomic E-state index is 0.204. The highest BCUT2D eigenvalue weighted by molar-refractivity contribution is 7.91. The van der Waals surface area contributed by atoms with Crippen molar-refractivity contribution in [3.8, 4) is 0 Å². The first-order valence-corrected chi connectivity index (χ1v) is 7.91. The summed E-state index contributed by atoms with van der Waals surface area (Å²) >= 11 is 5.74. The van der Waals surface area contributed by atoms with E-state index in [4.69, 9.17) is 11.6 Å². The Balaban J connectivity index is 2.18. The molecule has 0 saturated carbocycles. The van der Waals surface area contributed by atoms with Gasteiger partial charge in [0.05, 0.1) is 23.7 Å². The van der Waals surface area contributed by atoms with E-state index < -0.39 is 22.0 Å². The average Bonchev–Trinajstić information content (AvgIpc) is 2.62. The van der Waals surface area contributed by atoms with Crippen LogP contribution in [0.1, 0.15) is 10.4 Å². The maximum Gasteiger partial charge on any atom is 0.253 e. The van der Waals surface area contributed by atoms with E-state index in [2.05, 4.69) is 0 Å². The Morgan fingerprint density at radius 3 is 2.37 bits per heavy atom. The van der Waals surface area contributed by atoms with Crippen LogP contribution in [0.4, 0.5) is 0 Å². The average molecular weight is 304 g/mol. The highest BCUT2D eigenvalue weighted by Crippen LogP contribution is 2.20. The van der Waals surface area contributed by atoms with Crippen molar-refractivity contribution in [1.82, 2.24) is 4.90 Å². The second-order valence-electron chi connectivity index (χ2n) is 4.63. The summed E-state index contributed by atoms with van der Waals surface area (Å²) in [5, 5.41) is 10.3. The lowest BCUT2D eigenvalue weighted by Crippen LogP contribution is -2.44. The molecule has 1 aliphatic heterocycles. The molecule has 7 heteroatoms. The summed E-state index contributed by atoms with van der Waals surface area (Å²) in [6.07, 6.45) is -1.04. The number of hydrogen-bond acceptors (Lipinski definition) is 4. The van der Waals surface area contributed by atoms with Gasteiger partial charge in [0.15, 0.2) is 9.84 Å². The number of hydrogen-bond donors (Lipinski definition) is 1. The Morgan fingerprint density at radius 2 is 1.89 bits per heavy atom. The van der Waals surface area contributed by atoms with Crippen molar-refractivity contribution in [3.05, 3.63) is 34.9 Å². The molecule has 0 bridgehead atoms. The van der Waals surface area contributed by atoms with E-state index in [0.717, 1.165) is 0 Å². The zero-order chi connectivity index (χ0) is 14.2. The molecule has 1 fully saturated rings. The molecule has 104 valence electrons. The third-order valence-corrected chi connectivity index (χ3v) is 5.15. The van der Waals surface area contributed by atoms with Gasteiger partial charge in [-0.05, 0) is 24.3 Å². The molecular formula is C12H14ClNO4S. The predicted molar refractivity (Wildman–Crippen MR) is 72.0 cm³/mol. The van der Waals surface area contributed by atoms with Crippen LogP contribution in [0.3, 0.4) is 0 Å². The Hall–Kier alpha value is -1.11. The highest BCUT2D eigenvalue weighted by Gasteiger charge is 2.40.